The van der Waals surface area contributed by atoms with E-state index >= 15 is 0 Å². The van der Waals surface area contributed by atoms with Crippen LogP contribution >= 0.6 is 11.8 Å². The van der Waals surface area contributed by atoms with Gasteiger partial charge in [-0.15, -0.1) is 11.0 Å². The molecule has 0 N–H and O–H groups in total. The van der Waals surface area contributed by atoms with E-state index in [0.29, 0.717) is 23.0 Å². The molecular weight excluding hydrogens is 520 g/mol. The summed E-state index contributed by atoms with van der Waals surface area (Å²) in [6, 6.07) is 12.1. The monoisotopic (exact) mass is 556 g/mol. The number of aryl methyl sites for hydroxylation is 1. The van der Waals surface area contributed by atoms with Gasteiger partial charge >= 0.3 is 0 Å². The number of hydrogen-bond acceptors (Lipinski definition) is 6. The zero-order valence-corrected chi connectivity index (χ0v) is 23.9. The van der Waals surface area contributed by atoms with Gasteiger partial charge in [-0.25, -0.2) is 0 Å². The Morgan fingerprint density at radius 2 is 1.76 bits per heavy atom. The number of amidine groups is 1. The van der Waals surface area contributed by atoms with Crippen LogP contribution in [0.3, 0.4) is 0 Å². The van der Waals surface area contributed by atoms with E-state index in [1.807, 2.05) is 19.1 Å². The summed E-state index contributed by atoms with van der Waals surface area (Å²) in [7, 11) is -2.42. The molecule has 0 atom stereocenters. The van der Waals surface area contributed by atoms with Crippen molar-refractivity contribution >= 4 is 38.9 Å². The number of methoxy groups -OCH3 is 1. The van der Waals surface area contributed by atoms with Crippen LogP contribution in [0.15, 0.2) is 69.3 Å². The van der Waals surface area contributed by atoms with Crippen LogP contribution in [0.5, 0.6) is 11.5 Å². The smallest absolute Gasteiger partial charge is 0.284 e. The number of rotatable bonds is 14. The minimum absolute atomic E-state index is 0.0805. The van der Waals surface area contributed by atoms with Gasteiger partial charge < -0.3 is 9.47 Å². The van der Waals surface area contributed by atoms with Gasteiger partial charge in [0.15, 0.2) is 16.7 Å². The maximum absolute atomic E-state index is 13.1. The molecule has 0 saturated carbocycles. The lowest BCUT2D eigenvalue weighted by Gasteiger charge is -2.12. The molecule has 1 saturated heterocycles. The first kappa shape index (κ1) is 29.5. The van der Waals surface area contributed by atoms with Crippen LogP contribution in [0, 0.1) is 0 Å². The zero-order chi connectivity index (χ0) is 27.5. The molecule has 0 bridgehead atoms. The summed E-state index contributed by atoms with van der Waals surface area (Å²) in [5.74, 6) is 0.876. The van der Waals surface area contributed by atoms with Gasteiger partial charge in [-0.2, -0.15) is 8.42 Å². The lowest BCUT2D eigenvalue weighted by molar-refractivity contribution is -0.121. The van der Waals surface area contributed by atoms with Crippen LogP contribution in [0.1, 0.15) is 57.1 Å². The molecule has 0 aromatic heterocycles. The molecule has 3 rings (SSSR count). The predicted octanol–water partition coefficient (Wildman–Crippen LogP) is 6.45. The van der Waals surface area contributed by atoms with Gasteiger partial charge in [-0.1, -0.05) is 63.8 Å². The second-order valence-corrected chi connectivity index (χ2v) is 11.4. The number of unbranched alkanes of at least 4 members (excludes halogenated alkanes) is 4. The summed E-state index contributed by atoms with van der Waals surface area (Å²) >= 11 is 1.02. The molecule has 38 heavy (non-hydrogen) atoms. The average molecular weight is 557 g/mol. The largest absolute Gasteiger partial charge is 0.493 e. The van der Waals surface area contributed by atoms with E-state index in [1.54, 1.807) is 31.4 Å². The first-order valence-electron chi connectivity index (χ1n) is 12.9. The Labute approximate surface area is 230 Å². The number of carbonyl (C=O) groups is 1. The Hall–Kier alpha value is -3.04. The quantitative estimate of drug-likeness (QED) is 0.151. The van der Waals surface area contributed by atoms with Gasteiger partial charge in [0, 0.05) is 6.54 Å². The van der Waals surface area contributed by atoms with Gasteiger partial charge in [0.25, 0.3) is 15.9 Å². The maximum Gasteiger partial charge on any atom is 0.284 e. The van der Waals surface area contributed by atoms with Gasteiger partial charge in [0.2, 0.25) is 0 Å². The molecule has 1 heterocycles. The van der Waals surface area contributed by atoms with E-state index in [-0.39, 0.29) is 22.5 Å². The summed E-state index contributed by atoms with van der Waals surface area (Å²) in [5.41, 5.74) is 1.75. The second-order valence-electron chi connectivity index (χ2n) is 8.83. The summed E-state index contributed by atoms with van der Waals surface area (Å²) in [4.78, 5) is 14.9. The van der Waals surface area contributed by atoms with Crippen molar-refractivity contribution in [2.24, 2.45) is 4.40 Å². The normalized spacial score (nSPS) is 15.9. The standard InChI is InChI=1S/C29H36N2O5S2/c1-5-8-9-10-11-19-36-25-17-14-23(20-26(25)35-4)21-27-28(32)31(18-6-2)29(37-27)30-38(33,34)24-15-12-22(7-3)13-16-24/h6,12-17,20-21H,2,5,7-11,18-19H2,1,3-4H3. The van der Waals surface area contributed by atoms with E-state index in [9.17, 15) is 13.2 Å². The van der Waals surface area contributed by atoms with E-state index in [4.69, 9.17) is 9.47 Å². The molecule has 0 unspecified atom stereocenters. The number of benzene rings is 2. The molecule has 0 radical (unpaired) electrons. The van der Waals surface area contributed by atoms with Crippen molar-refractivity contribution in [3.05, 3.63) is 71.2 Å². The summed E-state index contributed by atoms with van der Waals surface area (Å²) in [5, 5.41) is 0.0932. The van der Waals surface area contributed by atoms with Crippen LogP contribution in [0.2, 0.25) is 0 Å². The second kappa shape index (κ2) is 14.2. The Morgan fingerprint density at radius 3 is 2.42 bits per heavy atom. The number of amides is 1. The van der Waals surface area contributed by atoms with Crippen LogP contribution in [0.25, 0.3) is 6.08 Å². The van der Waals surface area contributed by atoms with E-state index < -0.39 is 10.0 Å². The molecular formula is C29H36N2O5S2. The van der Waals surface area contributed by atoms with Crippen molar-refractivity contribution in [2.45, 2.75) is 57.3 Å². The van der Waals surface area contributed by atoms with Crippen molar-refractivity contribution in [2.75, 3.05) is 20.3 Å². The Kier molecular flexibility index (Phi) is 11.0. The van der Waals surface area contributed by atoms with Gasteiger partial charge in [0.05, 0.1) is 23.5 Å². The zero-order valence-electron chi connectivity index (χ0n) is 22.3. The molecule has 2 aromatic rings. The molecule has 9 heteroatoms. The van der Waals surface area contributed by atoms with E-state index in [2.05, 4.69) is 17.9 Å². The Balaban J connectivity index is 1.80. The highest BCUT2D eigenvalue weighted by Gasteiger charge is 2.34. The lowest BCUT2D eigenvalue weighted by Crippen LogP contribution is -2.29. The van der Waals surface area contributed by atoms with Crippen LogP contribution in [0.4, 0.5) is 0 Å². The summed E-state index contributed by atoms with van der Waals surface area (Å²) in [6.07, 6.45) is 9.79. The fourth-order valence-corrected chi connectivity index (χ4v) is 6.04. The van der Waals surface area contributed by atoms with Crippen molar-refractivity contribution in [1.82, 2.24) is 4.90 Å². The van der Waals surface area contributed by atoms with Gasteiger partial charge in [-0.05, 0) is 66.1 Å². The van der Waals surface area contributed by atoms with Crippen molar-refractivity contribution in [1.29, 1.82) is 0 Å². The third-order valence-corrected chi connectivity index (χ3v) is 8.42. The SMILES string of the molecule is C=CCN1C(=O)C(=Cc2ccc(OCCCCCCC)c(OC)c2)SC1=NS(=O)(=O)c1ccc(CC)cc1. The number of hydrogen-bond donors (Lipinski definition) is 0. The molecule has 2 aromatic carbocycles. The number of ether oxygens (including phenoxy) is 2. The molecule has 204 valence electrons. The van der Waals surface area contributed by atoms with E-state index in [1.165, 1.54) is 42.4 Å². The molecule has 0 spiro atoms. The van der Waals surface area contributed by atoms with Crippen molar-refractivity contribution < 1.29 is 22.7 Å². The first-order valence-corrected chi connectivity index (χ1v) is 15.2. The van der Waals surface area contributed by atoms with Crippen molar-refractivity contribution in [3.63, 3.8) is 0 Å². The fraction of sp³-hybridized carbons (Fsp3) is 0.379. The number of nitrogens with zero attached hydrogens (tertiary/aromatic N) is 2. The topological polar surface area (TPSA) is 85.3 Å². The van der Waals surface area contributed by atoms with E-state index in [0.717, 1.165) is 42.2 Å². The summed E-state index contributed by atoms with van der Waals surface area (Å²) < 4.78 is 41.4. The molecule has 7 nitrogen and oxygen atoms in total. The predicted molar refractivity (Wildman–Crippen MR) is 155 cm³/mol. The average Bonchev–Trinajstić information content (AvgIpc) is 3.19. The molecule has 1 aliphatic heterocycles. The molecule has 0 aliphatic carbocycles. The number of thioether (sulfide) groups is 1. The van der Waals surface area contributed by atoms with Crippen LogP contribution in [-0.4, -0.2) is 44.7 Å². The number of sulfonamides is 1. The fourth-order valence-electron chi connectivity index (χ4n) is 3.85. The maximum atomic E-state index is 13.1. The Morgan fingerprint density at radius 1 is 1.03 bits per heavy atom. The third-order valence-electron chi connectivity index (χ3n) is 6.02. The van der Waals surface area contributed by atoms with Crippen LogP contribution in [-0.2, 0) is 21.2 Å². The molecule has 1 fully saturated rings. The molecule has 1 amide bonds. The van der Waals surface area contributed by atoms with Crippen LogP contribution < -0.4 is 9.47 Å². The Bertz CT molecular complexity index is 1280. The lowest BCUT2D eigenvalue weighted by atomic mass is 10.1. The van der Waals surface area contributed by atoms with Gasteiger partial charge in [-0.3, -0.25) is 9.69 Å². The third kappa shape index (κ3) is 7.74. The highest BCUT2D eigenvalue weighted by molar-refractivity contribution is 8.19. The first-order chi connectivity index (χ1) is 18.3. The highest BCUT2D eigenvalue weighted by Crippen LogP contribution is 2.35. The highest BCUT2D eigenvalue weighted by atomic mass is 32.2. The minimum Gasteiger partial charge on any atom is -0.493 e. The number of carbonyl (C=O) groups excluding carboxylic acids is 1. The van der Waals surface area contributed by atoms with Gasteiger partial charge in [0.1, 0.15) is 0 Å². The summed E-state index contributed by atoms with van der Waals surface area (Å²) in [6.45, 7) is 8.63. The minimum atomic E-state index is -4.00. The molecule has 1 aliphatic rings. The van der Waals surface area contributed by atoms with Crippen molar-refractivity contribution in [3.8, 4) is 11.5 Å².